The van der Waals surface area contributed by atoms with Gasteiger partial charge in [-0.3, -0.25) is 3.53 Å². The van der Waals surface area contributed by atoms with Crippen LogP contribution in [0.3, 0.4) is 0 Å². The van der Waals surface area contributed by atoms with Crippen LogP contribution in [0.1, 0.15) is 9.78 Å². The van der Waals surface area contributed by atoms with Gasteiger partial charge in [0.1, 0.15) is 0 Å². The van der Waals surface area contributed by atoms with E-state index in [1.54, 1.807) is 6.92 Å². The molecule has 0 atom stereocenters. The number of hydrogen-bond acceptors (Lipinski definition) is 2. The van der Waals surface area contributed by atoms with E-state index in [9.17, 15) is 0 Å². The quantitative estimate of drug-likeness (QED) is 0.266. The van der Waals surface area contributed by atoms with E-state index >= 15 is 0 Å². The van der Waals surface area contributed by atoms with E-state index in [-0.39, 0.29) is 96.2 Å². The molecule has 0 aliphatic carbocycles. The van der Waals surface area contributed by atoms with Crippen molar-refractivity contribution >= 4 is 87.9 Å². The van der Waals surface area contributed by atoms with Crippen LogP contribution in [0.25, 0.3) is 0 Å². The molecule has 0 aliphatic rings. The summed E-state index contributed by atoms with van der Waals surface area (Å²) in [6, 6.07) is 0. The predicted octanol–water partition coefficient (Wildman–Crippen LogP) is -0.520. The minimum Gasteiger partial charge on any atom is 0 e. The molecule has 0 unspecified atom stereocenters. The molecule has 0 amide bonds. The summed E-state index contributed by atoms with van der Waals surface area (Å²) in [5.74, 6) is 0. The van der Waals surface area contributed by atoms with Crippen molar-refractivity contribution in [3.63, 3.8) is 0 Å². The fourth-order valence-corrected chi connectivity index (χ4v) is 0. The summed E-state index contributed by atoms with van der Waals surface area (Å²) in [6.07, 6.45) is 0. The monoisotopic (exact) mass is 503 g/mol. The van der Waals surface area contributed by atoms with Gasteiger partial charge in [0, 0.05) is 51.2 Å². The molecule has 0 heterocycles. The normalized spacial score (nSPS) is 4.00. The summed E-state index contributed by atoms with van der Waals surface area (Å²) >= 11 is 2.04. The van der Waals surface area contributed by atoms with E-state index in [4.69, 9.17) is 5.11 Å². The van der Waals surface area contributed by atoms with Crippen molar-refractivity contribution in [3.8, 4) is 0 Å². The van der Waals surface area contributed by atoms with Crippen LogP contribution < -0.4 is 3.53 Å². The standard InChI is InChI=1S/C2H6O.CH4IN.Ca.Pb.Ti.4H/c1-2-3;1-3-2;;;;;;;/h3H,2H2,1H3;3H,1H3;;;;;;;/q;;+2;;;;;2*-1. The Labute approximate surface area is 139 Å². The Hall–Kier alpha value is 3.55. The first kappa shape index (κ1) is 29.4. The SMILES string of the molecule is CCO.CNI.[Ca+2].[H-].[H-].[PbH2].[Ti]. The molecule has 54 valence electrons. The van der Waals surface area contributed by atoms with Gasteiger partial charge in [0.2, 0.25) is 0 Å². The molecule has 6 heteroatoms. The zero-order chi connectivity index (χ0) is 5.41. The minimum absolute atomic E-state index is 0. The van der Waals surface area contributed by atoms with Gasteiger partial charge in [-0.25, -0.2) is 0 Å². The van der Waals surface area contributed by atoms with Crippen LogP contribution in [0.4, 0.5) is 0 Å². The van der Waals surface area contributed by atoms with Crippen LogP contribution in [-0.2, 0) is 21.7 Å². The second-order valence-corrected chi connectivity index (χ2v) is 1.58. The van der Waals surface area contributed by atoms with Gasteiger partial charge in [0.25, 0.3) is 0 Å². The van der Waals surface area contributed by atoms with Crippen LogP contribution in [-0.4, -0.2) is 83.8 Å². The number of halogens is 1. The molecule has 0 saturated carbocycles. The zero-order valence-electron chi connectivity index (χ0n) is 7.95. The van der Waals surface area contributed by atoms with Crippen molar-refractivity contribution in [1.29, 1.82) is 0 Å². The zero-order valence-corrected chi connectivity index (χ0v) is 17.4. The molecule has 0 fully saturated rings. The fraction of sp³-hybridized carbons (Fsp3) is 1.00. The Morgan fingerprint density at radius 2 is 1.67 bits per heavy atom. The third kappa shape index (κ3) is 83.7. The fourth-order valence-electron chi connectivity index (χ4n) is 0. The summed E-state index contributed by atoms with van der Waals surface area (Å²) in [7, 11) is 1.86. The molecule has 2 radical (unpaired) electrons. The maximum absolute atomic E-state index is 7.57. The average molecular weight is 502 g/mol. The smallest absolute Gasteiger partial charge is 0 e. The summed E-state index contributed by atoms with van der Waals surface area (Å²) in [4.78, 5) is 0. The topological polar surface area (TPSA) is 32.3 Å². The number of hydrogen-bond donors (Lipinski definition) is 2. The van der Waals surface area contributed by atoms with Crippen molar-refractivity contribution in [2.24, 2.45) is 0 Å². The molecule has 2 N–H and O–H groups in total. The van der Waals surface area contributed by atoms with Gasteiger partial charge in [0.05, 0.1) is 0 Å². The summed E-state index contributed by atoms with van der Waals surface area (Å²) in [5, 5.41) is 7.57. The Morgan fingerprint density at radius 1 is 1.67 bits per heavy atom. The second-order valence-electron chi connectivity index (χ2n) is 0.505. The van der Waals surface area contributed by atoms with Crippen molar-refractivity contribution < 1.29 is 29.7 Å². The Balaban J connectivity index is -0.00000000400. The Kier molecular flexibility index (Phi) is 136. The first-order valence-electron chi connectivity index (χ1n) is 1.71. The third-order valence-electron chi connectivity index (χ3n) is 0. The molecule has 0 saturated heterocycles. The largest absolute Gasteiger partial charge is 0 e. The minimum atomic E-state index is 0. The van der Waals surface area contributed by atoms with Crippen molar-refractivity contribution in [1.82, 2.24) is 3.53 Å². The van der Waals surface area contributed by atoms with Gasteiger partial charge >= 0.3 is 65.0 Å². The van der Waals surface area contributed by atoms with Gasteiger partial charge in [-0.1, -0.05) is 0 Å². The van der Waals surface area contributed by atoms with E-state index < -0.39 is 0 Å². The molecule has 0 rings (SSSR count). The van der Waals surface area contributed by atoms with Crippen LogP contribution in [0.15, 0.2) is 0 Å². The first-order valence-corrected chi connectivity index (χ1v) is 2.79. The number of aliphatic hydroxyl groups is 1. The predicted molar refractivity (Wildman–Crippen MR) is 52.4 cm³/mol. The molecule has 0 aromatic heterocycles. The van der Waals surface area contributed by atoms with Gasteiger partial charge in [-0.15, -0.1) is 0 Å². The second kappa shape index (κ2) is 41.7. The maximum Gasteiger partial charge on any atom is 0 e. The molecule has 0 spiro atoms. The molecular weight excluding hydrogens is 488 g/mol. The average Bonchev–Trinajstić information content (AvgIpc) is 1.39. The number of nitrogens with one attached hydrogen (secondary N) is 1. The van der Waals surface area contributed by atoms with Gasteiger partial charge < -0.3 is 7.96 Å². The molecular formula is C3H14CaINOPbTi. The molecule has 2 nitrogen and oxygen atoms in total. The van der Waals surface area contributed by atoms with E-state index in [1.807, 2.05) is 29.9 Å². The van der Waals surface area contributed by atoms with Gasteiger partial charge in [0.15, 0.2) is 0 Å². The van der Waals surface area contributed by atoms with Gasteiger partial charge in [-0.2, -0.15) is 0 Å². The van der Waals surface area contributed by atoms with Crippen molar-refractivity contribution in [2.75, 3.05) is 13.7 Å². The first-order chi connectivity index (χ1) is 2.83. The van der Waals surface area contributed by atoms with E-state index in [2.05, 4.69) is 3.53 Å². The van der Waals surface area contributed by atoms with E-state index in [0.29, 0.717) is 0 Å². The summed E-state index contributed by atoms with van der Waals surface area (Å²) in [6.45, 7) is 1.93. The van der Waals surface area contributed by atoms with Gasteiger partial charge in [-0.05, 0) is 14.0 Å². The summed E-state index contributed by atoms with van der Waals surface area (Å²) < 4.78 is 2.72. The molecule has 0 aromatic carbocycles. The van der Waals surface area contributed by atoms with Crippen LogP contribution in [0.2, 0.25) is 0 Å². The summed E-state index contributed by atoms with van der Waals surface area (Å²) in [5.41, 5.74) is 0. The number of rotatable bonds is 0. The molecule has 0 aliphatic heterocycles. The molecule has 9 heavy (non-hydrogen) atoms. The third-order valence-corrected chi connectivity index (χ3v) is 0. The molecule has 0 bridgehead atoms. The van der Waals surface area contributed by atoms with E-state index in [0.717, 1.165) is 0 Å². The van der Waals surface area contributed by atoms with Crippen LogP contribution in [0.5, 0.6) is 0 Å². The molecule has 0 aromatic rings. The maximum atomic E-state index is 7.57. The van der Waals surface area contributed by atoms with Crippen molar-refractivity contribution in [3.05, 3.63) is 0 Å². The number of aliphatic hydroxyl groups excluding tert-OH is 1. The Morgan fingerprint density at radius 3 is 1.67 bits per heavy atom. The van der Waals surface area contributed by atoms with Crippen LogP contribution in [0, 0.1) is 0 Å². The Bertz CT molecular complexity index is 33.3. The van der Waals surface area contributed by atoms with Crippen LogP contribution >= 0.6 is 22.9 Å². The van der Waals surface area contributed by atoms with Crippen molar-refractivity contribution in [2.45, 2.75) is 6.92 Å². The van der Waals surface area contributed by atoms with E-state index in [1.165, 1.54) is 0 Å².